The number of aryl methyl sites for hydroxylation is 1. The highest BCUT2D eigenvalue weighted by molar-refractivity contribution is 7.89. The van der Waals surface area contributed by atoms with Gasteiger partial charge in [-0.05, 0) is 31.2 Å². The Hall–Kier alpha value is -2.18. The van der Waals surface area contributed by atoms with Crippen LogP contribution in [0.15, 0.2) is 33.7 Å². The van der Waals surface area contributed by atoms with Crippen molar-refractivity contribution in [3.05, 3.63) is 36.0 Å². The van der Waals surface area contributed by atoms with Crippen molar-refractivity contribution < 1.29 is 30.8 Å². The van der Waals surface area contributed by atoms with Crippen LogP contribution in [-0.4, -0.2) is 60.3 Å². The molecule has 1 fully saturated rings. The molecule has 1 aliphatic rings. The van der Waals surface area contributed by atoms with Crippen LogP contribution in [0.4, 0.5) is 13.2 Å². The average molecular weight is 406 g/mol. The van der Waals surface area contributed by atoms with E-state index in [1.807, 2.05) is 4.90 Å². The van der Waals surface area contributed by atoms with Gasteiger partial charge in [0.1, 0.15) is 5.75 Å². The van der Waals surface area contributed by atoms with Crippen molar-refractivity contribution >= 4 is 10.0 Å². The van der Waals surface area contributed by atoms with Gasteiger partial charge in [0.15, 0.2) is 5.82 Å². The molecule has 3 rings (SSSR count). The summed E-state index contributed by atoms with van der Waals surface area (Å²) in [5.41, 5.74) is 0. The summed E-state index contributed by atoms with van der Waals surface area (Å²) in [4.78, 5) is 6.01. The Labute approximate surface area is 153 Å². The van der Waals surface area contributed by atoms with E-state index < -0.39 is 22.1 Å². The van der Waals surface area contributed by atoms with Crippen LogP contribution in [0.1, 0.15) is 11.7 Å². The summed E-state index contributed by atoms with van der Waals surface area (Å²) in [7, 11) is -3.80. The van der Waals surface area contributed by atoms with Gasteiger partial charge < -0.3 is 9.26 Å². The summed E-state index contributed by atoms with van der Waals surface area (Å²) in [6.45, 7) is 3.57. The van der Waals surface area contributed by atoms with E-state index in [0.717, 1.165) is 24.3 Å². The van der Waals surface area contributed by atoms with Crippen LogP contribution in [0.5, 0.6) is 5.75 Å². The number of sulfonamides is 1. The van der Waals surface area contributed by atoms with Crippen LogP contribution in [0.3, 0.4) is 0 Å². The fourth-order valence-corrected chi connectivity index (χ4v) is 4.11. The molecule has 0 unspecified atom stereocenters. The Balaban J connectivity index is 1.61. The van der Waals surface area contributed by atoms with Gasteiger partial charge in [-0.25, -0.2) is 8.42 Å². The number of hydrogen-bond acceptors (Lipinski definition) is 7. The first-order valence-corrected chi connectivity index (χ1v) is 9.45. The number of ether oxygens (including phenoxy) is 1. The zero-order valence-corrected chi connectivity index (χ0v) is 15.1. The predicted molar refractivity (Wildman–Crippen MR) is 86.2 cm³/mol. The smallest absolute Gasteiger partial charge is 0.406 e. The van der Waals surface area contributed by atoms with E-state index in [1.54, 1.807) is 6.92 Å². The summed E-state index contributed by atoms with van der Waals surface area (Å²) in [5.74, 6) is 0.523. The van der Waals surface area contributed by atoms with Crippen LogP contribution in [0, 0.1) is 6.92 Å². The van der Waals surface area contributed by atoms with Crippen molar-refractivity contribution in [2.45, 2.75) is 24.7 Å². The van der Waals surface area contributed by atoms with Gasteiger partial charge in [0.05, 0.1) is 11.4 Å². The molecular formula is C15H17F3N4O4S. The molecule has 1 aromatic carbocycles. The van der Waals surface area contributed by atoms with Gasteiger partial charge >= 0.3 is 6.36 Å². The maximum absolute atomic E-state index is 12.7. The first-order chi connectivity index (χ1) is 12.6. The average Bonchev–Trinajstić information content (AvgIpc) is 2.99. The lowest BCUT2D eigenvalue weighted by Crippen LogP contribution is -2.48. The van der Waals surface area contributed by atoms with E-state index in [1.165, 1.54) is 4.31 Å². The highest BCUT2D eigenvalue weighted by atomic mass is 32.2. The lowest BCUT2D eigenvalue weighted by atomic mass is 10.3. The highest BCUT2D eigenvalue weighted by Crippen LogP contribution is 2.25. The second-order valence-corrected chi connectivity index (χ2v) is 7.87. The number of piperazine rings is 1. The largest absolute Gasteiger partial charge is 0.573 e. The van der Waals surface area contributed by atoms with E-state index in [4.69, 9.17) is 4.52 Å². The molecule has 0 N–H and O–H groups in total. The monoisotopic (exact) mass is 406 g/mol. The third-order valence-electron chi connectivity index (χ3n) is 3.95. The van der Waals surface area contributed by atoms with Gasteiger partial charge in [-0.15, -0.1) is 13.2 Å². The molecule has 0 atom stereocenters. The SMILES string of the molecule is Cc1noc(CN2CCN(S(=O)(=O)c3ccc(OC(F)(F)F)cc3)CC2)n1. The molecule has 8 nitrogen and oxygen atoms in total. The molecule has 0 saturated carbocycles. The van der Waals surface area contributed by atoms with Gasteiger partial charge in [0, 0.05) is 26.2 Å². The number of hydrogen-bond donors (Lipinski definition) is 0. The maximum atomic E-state index is 12.7. The first-order valence-electron chi connectivity index (χ1n) is 8.01. The van der Waals surface area contributed by atoms with Crippen molar-refractivity contribution in [3.8, 4) is 5.75 Å². The predicted octanol–water partition coefficient (Wildman–Crippen LogP) is 1.78. The van der Waals surface area contributed by atoms with Gasteiger partial charge in [-0.2, -0.15) is 9.29 Å². The van der Waals surface area contributed by atoms with Crippen LogP contribution in [0.25, 0.3) is 0 Å². The highest BCUT2D eigenvalue weighted by Gasteiger charge is 2.32. The number of rotatable bonds is 5. The summed E-state index contributed by atoms with van der Waals surface area (Å²) in [5, 5.41) is 3.71. The molecule has 27 heavy (non-hydrogen) atoms. The fourth-order valence-electron chi connectivity index (χ4n) is 2.69. The molecule has 12 heteroatoms. The van der Waals surface area contributed by atoms with Crippen LogP contribution >= 0.6 is 0 Å². The quantitative estimate of drug-likeness (QED) is 0.748. The second-order valence-electron chi connectivity index (χ2n) is 5.93. The topological polar surface area (TPSA) is 88.8 Å². The van der Waals surface area contributed by atoms with Crippen molar-refractivity contribution in [2.75, 3.05) is 26.2 Å². The van der Waals surface area contributed by atoms with Crippen molar-refractivity contribution in [1.82, 2.24) is 19.3 Å². The maximum Gasteiger partial charge on any atom is 0.573 e. The fraction of sp³-hybridized carbons (Fsp3) is 0.467. The third-order valence-corrected chi connectivity index (χ3v) is 5.87. The molecule has 148 valence electrons. The summed E-state index contributed by atoms with van der Waals surface area (Å²) in [6.07, 6.45) is -4.83. The molecule has 0 spiro atoms. The lowest BCUT2D eigenvalue weighted by molar-refractivity contribution is -0.274. The van der Waals surface area contributed by atoms with Crippen LogP contribution in [-0.2, 0) is 16.6 Å². The molecule has 1 saturated heterocycles. The zero-order valence-electron chi connectivity index (χ0n) is 14.3. The van der Waals surface area contributed by atoms with Crippen molar-refractivity contribution in [1.29, 1.82) is 0 Å². The Kier molecular flexibility index (Phi) is 5.40. The van der Waals surface area contributed by atoms with E-state index in [9.17, 15) is 21.6 Å². The Bertz CT molecular complexity index is 875. The minimum absolute atomic E-state index is 0.0852. The zero-order chi connectivity index (χ0) is 19.7. The number of benzene rings is 1. The minimum atomic E-state index is -4.83. The number of halogens is 3. The van der Waals surface area contributed by atoms with Crippen molar-refractivity contribution in [2.24, 2.45) is 0 Å². The van der Waals surface area contributed by atoms with Crippen LogP contribution in [0.2, 0.25) is 0 Å². The first kappa shape index (κ1) is 19.6. The third kappa shape index (κ3) is 4.96. The number of aromatic nitrogens is 2. The molecular weight excluding hydrogens is 389 g/mol. The van der Waals surface area contributed by atoms with Gasteiger partial charge in [0.2, 0.25) is 15.9 Å². The molecule has 0 amide bonds. The Morgan fingerprint density at radius 1 is 1.15 bits per heavy atom. The van der Waals surface area contributed by atoms with Gasteiger partial charge in [0.25, 0.3) is 0 Å². The normalized spacial score (nSPS) is 17.2. The molecule has 0 bridgehead atoms. The van der Waals surface area contributed by atoms with Crippen molar-refractivity contribution in [3.63, 3.8) is 0 Å². The molecule has 0 radical (unpaired) electrons. The standard InChI is InChI=1S/C15H17F3N4O4S/c1-11-19-14(26-20-11)10-21-6-8-22(9-7-21)27(23,24)13-4-2-12(3-5-13)25-15(16,17)18/h2-5H,6-10H2,1H3. The summed E-state index contributed by atoms with van der Waals surface area (Å²) in [6, 6.07) is 4.16. The second kappa shape index (κ2) is 7.44. The molecule has 2 aromatic rings. The van der Waals surface area contributed by atoms with E-state index in [-0.39, 0.29) is 18.0 Å². The molecule has 1 aromatic heterocycles. The lowest BCUT2D eigenvalue weighted by Gasteiger charge is -2.33. The summed E-state index contributed by atoms with van der Waals surface area (Å²) < 4.78 is 72.0. The number of alkyl halides is 3. The molecule has 2 heterocycles. The van der Waals surface area contributed by atoms with Gasteiger partial charge in [-0.1, -0.05) is 5.16 Å². The van der Waals surface area contributed by atoms with Gasteiger partial charge in [-0.3, -0.25) is 4.90 Å². The number of nitrogens with zero attached hydrogens (tertiary/aromatic N) is 4. The van der Waals surface area contributed by atoms with E-state index in [2.05, 4.69) is 14.9 Å². The van der Waals surface area contributed by atoms with Crippen LogP contribution < -0.4 is 4.74 Å². The molecule has 1 aliphatic heterocycles. The Morgan fingerprint density at radius 3 is 2.30 bits per heavy atom. The van der Waals surface area contributed by atoms with E-state index >= 15 is 0 Å². The Morgan fingerprint density at radius 2 is 1.78 bits per heavy atom. The van der Waals surface area contributed by atoms with E-state index in [0.29, 0.717) is 31.3 Å². The molecule has 0 aliphatic carbocycles. The summed E-state index contributed by atoms with van der Waals surface area (Å²) >= 11 is 0. The minimum Gasteiger partial charge on any atom is -0.406 e.